The number of nitrogens with zero attached hydrogens (tertiary/aromatic N) is 7. The summed E-state index contributed by atoms with van der Waals surface area (Å²) in [6.45, 7) is 9.84. The minimum Gasteiger partial charge on any atom is -0.507 e. The Bertz CT molecular complexity index is 2220. The molecule has 322 valence electrons. The molecule has 14 heteroatoms. The average molecular weight is 831 g/mol. The molecule has 14 nitrogen and oxygen atoms in total. The van der Waals surface area contributed by atoms with Crippen LogP contribution >= 0.6 is 0 Å². The molecular weight excluding hydrogens is 773 g/mol. The molecule has 1 spiro atoms. The van der Waals surface area contributed by atoms with E-state index >= 15 is 0 Å². The van der Waals surface area contributed by atoms with Gasteiger partial charge in [0.2, 0.25) is 17.7 Å². The lowest BCUT2D eigenvalue weighted by Gasteiger charge is -2.45. The standard InChI is InChI=1S/C47H58N8O6/c1-31(2)41-27-42(51-61-41)47(18-24-55(25-19-47)35-26-39(50-48-29-35)38-6-4-5-7-40(38)56)45(59)52(3)33-14-20-53(21-15-33)36-28-46(60-30-36)16-22-54(23-17-46)34-10-8-32(9-11-34)37-12-13-43(57)49-44(37)58/h4-11,26-27,29,31,33,36-37,56H,12-25,28,30H2,1-3H3,(H,49,57,58)/t36?,37-/m1/s1. The summed E-state index contributed by atoms with van der Waals surface area (Å²) >= 11 is 0. The zero-order valence-electron chi connectivity index (χ0n) is 35.6. The first-order valence-corrected chi connectivity index (χ1v) is 22.2. The monoisotopic (exact) mass is 830 g/mol. The second-order valence-electron chi connectivity index (χ2n) is 18.3. The fourth-order valence-electron chi connectivity index (χ4n) is 10.5. The van der Waals surface area contributed by atoms with Crippen LogP contribution in [0.4, 0.5) is 11.4 Å². The van der Waals surface area contributed by atoms with Gasteiger partial charge in [-0.25, -0.2) is 0 Å². The van der Waals surface area contributed by atoms with E-state index in [1.54, 1.807) is 18.3 Å². The van der Waals surface area contributed by atoms with E-state index in [1.807, 2.05) is 48.3 Å². The number of benzene rings is 2. The summed E-state index contributed by atoms with van der Waals surface area (Å²) in [6.07, 6.45) is 8.64. The van der Waals surface area contributed by atoms with Crippen LogP contribution in [0.3, 0.4) is 0 Å². The number of carbonyl (C=O) groups is 3. The molecule has 5 saturated heterocycles. The van der Waals surface area contributed by atoms with Crippen molar-refractivity contribution in [2.75, 3.05) is 62.7 Å². The highest BCUT2D eigenvalue weighted by molar-refractivity contribution is 6.01. The smallest absolute Gasteiger partial charge is 0.235 e. The number of piperidine rings is 4. The molecule has 0 bridgehead atoms. The number of anilines is 2. The average Bonchev–Trinajstić information content (AvgIpc) is 3.96. The van der Waals surface area contributed by atoms with Crippen LogP contribution in [0.1, 0.15) is 100 Å². The molecule has 5 fully saturated rings. The van der Waals surface area contributed by atoms with Gasteiger partial charge in [0, 0.05) is 88.1 Å². The summed E-state index contributed by atoms with van der Waals surface area (Å²) in [5.74, 6) is 0.548. The van der Waals surface area contributed by atoms with Crippen molar-refractivity contribution >= 4 is 29.1 Å². The highest BCUT2D eigenvalue weighted by Gasteiger charge is 2.49. The Balaban J connectivity index is 0.804. The second-order valence-corrected chi connectivity index (χ2v) is 18.3. The summed E-state index contributed by atoms with van der Waals surface area (Å²) in [6, 6.07) is 19.9. The molecule has 9 rings (SSSR count). The SMILES string of the molecule is CC(C)c1cc(C2(C(=O)N(C)C3CCN(C4COC5(CCN(c6ccc([C@H]7CCC(=O)NC7=O)cc6)CC5)C4)CC3)CCN(c3cnnc(-c4ccccc4O)c3)CC2)no1. The number of aromatic hydroxyl groups is 1. The Morgan fingerprint density at radius 3 is 2.30 bits per heavy atom. The number of hydrogen-bond acceptors (Lipinski definition) is 12. The molecule has 0 radical (unpaired) electrons. The van der Waals surface area contributed by atoms with Crippen LogP contribution in [0.25, 0.3) is 11.3 Å². The molecule has 5 aliphatic heterocycles. The first-order chi connectivity index (χ1) is 29.5. The summed E-state index contributed by atoms with van der Waals surface area (Å²) in [7, 11) is 1.98. The minimum atomic E-state index is -0.809. The number of phenols is 1. The maximum Gasteiger partial charge on any atom is 0.235 e. The zero-order valence-corrected chi connectivity index (χ0v) is 35.6. The van der Waals surface area contributed by atoms with E-state index in [0.717, 1.165) is 93.3 Å². The van der Waals surface area contributed by atoms with Crippen LogP contribution < -0.4 is 15.1 Å². The maximum atomic E-state index is 14.9. The van der Waals surface area contributed by atoms with Gasteiger partial charge >= 0.3 is 0 Å². The number of imide groups is 1. The third kappa shape index (κ3) is 8.12. The van der Waals surface area contributed by atoms with E-state index < -0.39 is 5.41 Å². The first kappa shape index (κ1) is 41.0. The van der Waals surface area contributed by atoms with Gasteiger partial charge in [-0.2, -0.15) is 10.2 Å². The number of ether oxygens (including phenoxy) is 1. The van der Waals surface area contributed by atoms with Gasteiger partial charge in [0.25, 0.3) is 0 Å². The van der Waals surface area contributed by atoms with Gasteiger partial charge < -0.3 is 29.1 Å². The van der Waals surface area contributed by atoms with Crippen molar-refractivity contribution in [3.05, 3.63) is 83.9 Å². The summed E-state index contributed by atoms with van der Waals surface area (Å²) in [5, 5.41) is 26.1. The summed E-state index contributed by atoms with van der Waals surface area (Å²) in [4.78, 5) is 48.2. The molecule has 5 aliphatic rings. The highest BCUT2D eigenvalue weighted by atomic mass is 16.5. The number of carbonyl (C=O) groups excluding carboxylic acids is 3. The van der Waals surface area contributed by atoms with E-state index in [9.17, 15) is 19.5 Å². The molecule has 3 amide bonds. The first-order valence-electron chi connectivity index (χ1n) is 22.2. The van der Waals surface area contributed by atoms with Crippen molar-refractivity contribution in [3.8, 4) is 17.0 Å². The van der Waals surface area contributed by atoms with Crippen molar-refractivity contribution in [1.82, 2.24) is 30.5 Å². The molecule has 61 heavy (non-hydrogen) atoms. The molecule has 1 unspecified atom stereocenters. The maximum absolute atomic E-state index is 14.9. The Morgan fingerprint density at radius 2 is 1.61 bits per heavy atom. The number of aromatic nitrogens is 3. The normalized spacial score (nSPS) is 23.4. The summed E-state index contributed by atoms with van der Waals surface area (Å²) < 4.78 is 12.5. The third-order valence-electron chi connectivity index (χ3n) is 14.4. The number of amides is 3. The lowest BCUT2D eigenvalue weighted by atomic mass is 9.73. The van der Waals surface area contributed by atoms with Crippen LogP contribution in [0.5, 0.6) is 5.75 Å². The van der Waals surface area contributed by atoms with Crippen molar-refractivity contribution in [2.45, 2.75) is 107 Å². The van der Waals surface area contributed by atoms with Crippen LogP contribution in [0.2, 0.25) is 0 Å². The van der Waals surface area contributed by atoms with Crippen LogP contribution in [0, 0.1) is 0 Å². The van der Waals surface area contributed by atoms with E-state index in [4.69, 9.17) is 9.26 Å². The number of phenolic OH excluding ortho intramolecular Hbond substituents is 1. The fraction of sp³-hybridized carbons (Fsp3) is 0.532. The number of nitrogens with one attached hydrogen (secondary N) is 1. The molecule has 2 aromatic carbocycles. The van der Waals surface area contributed by atoms with Crippen LogP contribution in [-0.2, 0) is 24.5 Å². The molecule has 2 N–H and O–H groups in total. The predicted molar refractivity (Wildman–Crippen MR) is 230 cm³/mol. The third-order valence-corrected chi connectivity index (χ3v) is 14.4. The Hall–Kier alpha value is -5.34. The quantitative estimate of drug-likeness (QED) is 0.197. The van der Waals surface area contributed by atoms with Crippen LogP contribution in [0.15, 0.2) is 71.4 Å². The van der Waals surface area contributed by atoms with Gasteiger partial charge in [0.15, 0.2) is 0 Å². The minimum absolute atomic E-state index is 0.109. The Kier molecular flexibility index (Phi) is 11.3. The highest BCUT2D eigenvalue weighted by Crippen LogP contribution is 2.42. The van der Waals surface area contributed by atoms with Gasteiger partial charge in [0.1, 0.15) is 11.5 Å². The number of likely N-dealkylation sites (tertiary alicyclic amines) is 1. The van der Waals surface area contributed by atoms with E-state index in [1.165, 1.54) is 0 Å². The fourth-order valence-corrected chi connectivity index (χ4v) is 10.5. The van der Waals surface area contributed by atoms with E-state index in [0.29, 0.717) is 56.1 Å². The van der Waals surface area contributed by atoms with Crippen molar-refractivity contribution in [2.24, 2.45) is 0 Å². The summed E-state index contributed by atoms with van der Waals surface area (Å²) in [5.41, 5.74) is 4.05. The Labute approximate surface area is 357 Å². The largest absolute Gasteiger partial charge is 0.507 e. The zero-order chi connectivity index (χ0) is 42.3. The van der Waals surface area contributed by atoms with Crippen LogP contribution in [-0.4, -0.2) is 119 Å². The van der Waals surface area contributed by atoms with Crippen molar-refractivity contribution in [1.29, 1.82) is 0 Å². The molecule has 0 aliphatic carbocycles. The molecule has 2 aromatic heterocycles. The lowest BCUT2D eigenvalue weighted by molar-refractivity contribution is -0.140. The molecule has 7 heterocycles. The Morgan fingerprint density at radius 1 is 0.902 bits per heavy atom. The predicted octanol–water partition coefficient (Wildman–Crippen LogP) is 5.77. The lowest BCUT2D eigenvalue weighted by Crippen LogP contribution is -2.56. The molecular formula is C47H58N8O6. The topological polar surface area (TPSA) is 157 Å². The second kappa shape index (κ2) is 16.8. The van der Waals surface area contributed by atoms with Gasteiger partial charge in [0.05, 0.1) is 46.8 Å². The molecule has 4 aromatic rings. The van der Waals surface area contributed by atoms with Crippen molar-refractivity contribution < 1.29 is 28.8 Å². The number of likely N-dealkylation sites (N-methyl/N-ethyl adjacent to an activating group) is 1. The van der Waals surface area contributed by atoms with Crippen molar-refractivity contribution in [3.63, 3.8) is 0 Å². The van der Waals surface area contributed by atoms with Gasteiger partial charge in [-0.1, -0.05) is 43.3 Å². The van der Waals surface area contributed by atoms with E-state index in [-0.39, 0.29) is 46.9 Å². The number of para-hydroxylation sites is 1. The van der Waals surface area contributed by atoms with E-state index in [2.05, 4.69) is 61.4 Å². The molecule has 0 saturated carbocycles. The van der Waals surface area contributed by atoms with Gasteiger partial charge in [-0.3, -0.25) is 24.6 Å². The van der Waals surface area contributed by atoms with Gasteiger partial charge in [-0.05, 0) is 87.3 Å². The van der Waals surface area contributed by atoms with Gasteiger partial charge in [-0.15, -0.1) is 0 Å². The number of rotatable bonds is 9. The number of hydrogen-bond donors (Lipinski definition) is 2. The molecule has 2 atom stereocenters.